The molecule has 5 atom stereocenters. The number of aliphatic hydroxyl groups is 2. The molecule has 5 N–H and O–H groups in total. The molecule has 0 radical (unpaired) electrons. The zero-order valence-electron chi connectivity index (χ0n) is 18.3. The van der Waals surface area contributed by atoms with E-state index in [9.17, 15) is 33.8 Å². The normalized spacial score (nSPS) is 24.3. The second kappa shape index (κ2) is 9.76. The minimum Gasteiger partial charge on any atom is -0.387 e. The van der Waals surface area contributed by atoms with Gasteiger partial charge in [-0.05, 0) is 18.6 Å². The fourth-order valence-electron chi connectivity index (χ4n) is 3.71. The van der Waals surface area contributed by atoms with Gasteiger partial charge in [-0.15, -0.1) is 0 Å². The second-order valence-corrected chi connectivity index (χ2v) is 10.7. The number of para-hydroxylation sites is 1. The third-order valence-electron chi connectivity index (χ3n) is 5.40. The van der Waals surface area contributed by atoms with Crippen molar-refractivity contribution < 1.29 is 52.1 Å². The van der Waals surface area contributed by atoms with E-state index < -0.39 is 58.0 Å². The molecule has 1 saturated heterocycles. The van der Waals surface area contributed by atoms with Gasteiger partial charge < -0.3 is 34.2 Å². The van der Waals surface area contributed by atoms with Crippen LogP contribution in [0.2, 0.25) is 0 Å². The van der Waals surface area contributed by atoms with Gasteiger partial charge in [-0.2, -0.15) is 4.31 Å². The SMILES string of the molecule is Cc1cccc2c(Cn3c(=O)ccn([C@@H]4O[C@H](COP(=O)(O)OP(=O)(O)O)C(O)C4O)c3=O)noc12. The van der Waals surface area contributed by atoms with Crippen LogP contribution in [0.25, 0.3) is 11.0 Å². The third kappa shape index (κ3) is 5.43. The standard InChI is InChI=1S/C18H21N3O13P2/c1-9-3-2-4-10-11(19-33-16(9)10)7-21-13(22)5-6-20(18(21)25)17-15(24)14(23)12(32-17)8-31-36(29,30)34-35(26,27)28/h2-6,12,14-15,17,23-24H,7-8H2,1H3,(H,29,30)(H2,26,27,28)/t12-,14?,15?,17-/m1/s1. The van der Waals surface area contributed by atoms with Crippen molar-refractivity contribution in [2.24, 2.45) is 0 Å². The number of rotatable bonds is 8. The van der Waals surface area contributed by atoms with Crippen molar-refractivity contribution in [1.82, 2.24) is 14.3 Å². The lowest BCUT2D eigenvalue weighted by Gasteiger charge is -2.19. The Balaban J connectivity index is 1.57. The Labute approximate surface area is 200 Å². The first-order valence-electron chi connectivity index (χ1n) is 10.2. The number of aromatic nitrogens is 3. The third-order valence-corrected chi connectivity index (χ3v) is 7.55. The molecule has 36 heavy (non-hydrogen) atoms. The summed E-state index contributed by atoms with van der Waals surface area (Å²) in [5, 5.41) is 25.2. The summed E-state index contributed by atoms with van der Waals surface area (Å²) < 4.78 is 42.8. The summed E-state index contributed by atoms with van der Waals surface area (Å²) in [6, 6.07) is 6.29. The van der Waals surface area contributed by atoms with Crippen LogP contribution in [-0.4, -0.2) is 64.1 Å². The average molecular weight is 549 g/mol. The molecule has 0 aliphatic carbocycles. The van der Waals surface area contributed by atoms with Crippen LogP contribution < -0.4 is 11.2 Å². The van der Waals surface area contributed by atoms with Crippen LogP contribution in [0, 0.1) is 6.92 Å². The molecule has 1 aliphatic heterocycles. The number of ether oxygens (including phenoxy) is 1. The van der Waals surface area contributed by atoms with Gasteiger partial charge in [0, 0.05) is 17.6 Å². The van der Waals surface area contributed by atoms with E-state index in [0.29, 0.717) is 16.7 Å². The molecule has 0 bridgehead atoms. The van der Waals surface area contributed by atoms with Gasteiger partial charge in [0.1, 0.15) is 24.0 Å². The van der Waals surface area contributed by atoms with Gasteiger partial charge in [-0.3, -0.25) is 18.5 Å². The number of phosphoric ester groups is 1. The average Bonchev–Trinajstić information content (AvgIpc) is 3.31. The summed E-state index contributed by atoms with van der Waals surface area (Å²) in [6.45, 7) is 0.582. The number of hydrogen-bond donors (Lipinski definition) is 5. The van der Waals surface area contributed by atoms with Crippen LogP contribution in [0.3, 0.4) is 0 Å². The van der Waals surface area contributed by atoms with Crippen molar-refractivity contribution in [3.05, 3.63) is 62.6 Å². The topological polar surface area (TPSA) is 233 Å². The monoisotopic (exact) mass is 549 g/mol. The van der Waals surface area contributed by atoms with Crippen molar-refractivity contribution in [2.75, 3.05) is 6.61 Å². The van der Waals surface area contributed by atoms with Crippen LogP contribution in [-0.2, 0) is 29.2 Å². The van der Waals surface area contributed by atoms with E-state index in [1.54, 1.807) is 25.1 Å². The minimum absolute atomic E-state index is 0.278. The number of phosphoric acid groups is 2. The maximum atomic E-state index is 13.1. The molecule has 18 heteroatoms. The summed E-state index contributed by atoms with van der Waals surface area (Å²) >= 11 is 0. The van der Waals surface area contributed by atoms with E-state index in [4.69, 9.17) is 19.0 Å². The first-order chi connectivity index (χ1) is 16.8. The molecule has 16 nitrogen and oxygen atoms in total. The molecule has 0 amide bonds. The molecule has 1 aliphatic rings. The highest BCUT2D eigenvalue weighted by Crippen LogP contribution is 2.57. The maximum absolute atomic E-state index is 13.1. The van der Waals surface area contributed by atoms with Gasteiger partial charge in [0.25, 0.3) is 5.56 Å². The Hall–Kier alpha value is -2.49. The van der Waals surface area contributed by atoms with E-state index in [1.165, 1.54) is 0 Å². The summed E-state index contributed by atoms with van der Waals surface area (Å²) in [7, 11) is -10.6. The van der Waals surface area contributed by atoms with Crippen molar-refractivity contribution in [3.63, 3.8) is 0 Å². The molecule has 3 heterocycles. The van der Waals surface area contributed by atoms with Crippen molar-refractivity contribution in [3.8, 4) is 0 Å². The predicted molar refractivity (Wildman–Crippen MR) is 118 cm³/mol. The molecule has 3 aromatic rings. The molecule has 0 spiro atoms. The number of aryl methyl sites for hydroxylation is 1. The van der Waals surface area contributed by atoms with Crippen LogP contribution in [0.1, 0.15) is 17.5 Å². The fraction of sp³-hybridized carbons (Fsp3) is 0.389. The number of hydrogen-bond acceptors (Lipinski definition) is 11. The Morgan fingerprint density at radius 3 is 2.53 bits per heavy atom. The molecule has 196 valence electrons. The summed E-state index contributed by atoms with van der Waals surface area (Å²) in [6.07, 6.45) is -5.53. The lowest BCUT2D eigenvalue weighted by molar-refractivity contribution is -0.0547. The Kier molecular flexibility index (Phi) is 7.20. The number of aliphatic hydroxyl groups excluding tert-OH is 2. The van der Waals surface area contributed by atoms with Crippen LogP contribution in [0.5, 0.6) is 0 Å². The zero-order chi connectivity index (χ0) is 26.4. The van der Waals surface area contributed by atoms with Crippen LogP contribution in [0.4, 0.5) is 0 Å². The Bertz CT molecular complexity index is 1490. The number of benzene rings is 1. The van der Waals surface area contributed by atoms with E-state index in [2.05, 4.69) is 14.0 Å². The largest absolute Gasteiger partial charge is 0.481 e. The molecule has 1 aromatic carbocycles. The van der Waals surface area contributed by atoms with Crippen molar-refractivity contribution in [2.45, 2.75) is 38.0 Å². The van der Waals surface area contributed by atoms with E-state index >= 15 is 0 Å². The van der Waals surface area contributed by atoms with E-state index in [-0.39, 0.29) is 6.54 Å². The molecule has 1 fully saturated rings. The molecule has 2 aromatic heterocycles. The fourth-order valence-corrected chi connectivity index (χ4v) is 5.31. The first-order valence-corrected chi connectivity index (χ1v) is 13.2. The molecule has 4 rings (SSSR count). The van der Waals surface area contributed by atoms with Crippen molar-refractivity contribution in [1.29, 1.82) is 0 Å². The smallest absolute Gasteiger partial charge is 0.387 e. The Morgan fingerprint density at radius 1 is 1.11 bits per heavy atom. The highest BCUT2D eigenvalue weighted by Gasteiger charge is 2.46. The summed E-state index contributed by atoms with van der Waals surface area (Å²) in [5.74, 6) is 0. The minimum atomic E-state index is -5.38. The zero-order valence-corrected chi connectivity index (χ0v) is 20.1. The molecule has 3 unspecified atom stereocenters. The quantitative estimate of drug-likeness (QED) is 0.220. The Morgan fingerprint density at radius 2 is 1.83 bits per heavy atom. The second-order valence-electron chi connectivity index (χ2n) is 7.89. The van der Waals surface area contributed by atoms with E-state index in [0.717, 1.165) is 27.0 Å². The van der Waals surface area contributed by atoms with Gasteiger partial charge in [-0.1, -0.05) is 17.3 Å². The first kappa shape index (κ1) is 26.6. The van der Waals surface area contributed by atoms with Crippen LogP contribution >= 0.6 is 15.6 Å². The maximum Gasteiger partial charge on any atom is 0.481 e. The lowest BCUT2D eigenvalue weighted by atomic mass is 10.1. The number of fused-ring (bicyclic) bond motifs is 1. The van der Waals surface area contributed by atoms with Crippen LogP contribution in [0.15, 0.2) is 44.6 Å². The summed E-state index contributed by atoms with van der Waals surface area (Å²) in [4.78, 5) is 52.3. The molecular weight excluding hydrogens is 528 g/mol. The molecule has 0 saturated carbocycles. The highest BCUT2D eigenvalue weighted by atomic mass is 31.3. The van der Waals surface area contributed by atoms with Gasteiger partial charge in [-0.25, -0.2) is 13.9 Å². The van der Waals surface area contributed by atoms with Gasteiger partial charge in [0.2, 0.25) is 0 Å². The van der Waals surface area contributed by atoms with Gasteiger partial charge in [0.15, 0.2) is 11.8 Å². The van der Waals surface area contributed by atoms with E-state index in [1.807, 2.05) is 0 Å². The molecular formula is C18H21N3O13P2. The summed E-state index contributed by atoms with van der Waals surface area (Å²) in [5.41, 5.74) is -0.0344. The lowest BCUT2D eigenvalue weighted by Crippen LogP contribution is -2.43. The van der Waals surface area contributed by atoms with Gasteiger partial charge in [0.05, 0.1) is 13.2 Å². The van der Waals surface area contributed by atoms with Crippen molar-refractivity contribution >= 4 is 26.6 Å². The number of nitrogens with zero attached hydrogens (tertiary/aromatic N) is 3. The highest BCUT2D eigenvalue weighted by molar-refractivity contribution is 7.60. The van der Waals surface area contributed by atoms with Gasteiger partial charge >= 0.3 is 21.3 Å². The predicted octanol–water partition coefficient (Wildman–Crippen LogP) is -0.647.